The predicted octanol–water partition coefficient (Wildman–Crippen LogP) is 3.25. The molecule has 2 saturated carbocycles. The highest BCUT2D eigenvalue weighted by atomic mass is 16.5. The van der Waals surface area contributed by atoms with E-state index in [2.05, 4.69) is 25.2 Å². The first-order chi connectivity index (χ1) is 9.24. The predicted molar refractivity (Wildman–Crippen MR) is 76.7 cm³/mol. The zero-order chi connectivity index (χ0) is 13.7. The van der Waals surface area contributed by atoms with E-state index in [1.807, 2.05) is 0 Å². The number of rotatable bonds is 7. The minimum absolute atomic E-state index is 0.379. The Hall–Kier alpha value is -0.590. The van der Waals surface area contributed by atoms with Crippen LogP contribution >= 0.6 is 0 Å². The third-order valence-corrected chi connectivity index (χ3v) is 4.82. The van der Waals surface area contributed by atoms with Gasteiger partial charge in [0.2, 0.25) is 0 Å². The third-order valence-electron chi connectivity index (χ3n) is 4.82. The average molecular weight is 264 g/mol. The van der Waals surface area contributed by atoms with Crippen molar-refractivity contribution in [2.24, 2.45) is 11.8 Å². The van der Waals surface area contributed by atoms with Gasteiger partial charge in [-0.3, -0.25) is 5.32 Å². The van der Waals surface area contributed by atoms with Crippen molar-refractivity contribution in [3.63, 3.8) is 0 Å². The lowest BCUT2D eigenvalue weighted by molar-refractivity contribution is -0.0135. The van der Waals surface area contributed by atoms with Crippen molar-refractivity contribution < 1.29 is 4.74 Å². The van der Waals surface area contributed by atoms with Crippen LogP contribution in [0.4, 0.5) is 0 Å². The molecule has 2 aliphatic carbocycles. The maximum Gasteiger partial charge on any atom is 0.133 e. The fourth-order valence-corrected chi connectivity index (χ4v) is 3.38. The second kappa shape index (κ2) is 6.72. The number of likely N-dealkylation sites (N-methyl/N-ethyl adjacent to an activating group) is 1. The Kier molecular flexibility index (Phi) is 5.24. The number of nitriles is 1. The van der Waals surface area contributed by atoms with E-state index in [0.717, 1.165) is 12.5 Å². The van der Waals surface area contributed by atoms with E-state index in [9.17, 15) is 5.26 Å². The molecule has 0 bridgehead atoms. The first-order valence-corrected chi connectivity index (χ1v) is 8.02. The van der Waals surface area contributed by atoms with Gasteiger partial charge in [-0.1, -0.05) is 33.1 Å². The summed E-state index contributed by atoms with van der Waals surface area (Å²) in [6.45, 7) is 5.76. The summed E-state index contributed by atoms with van der Waals surface area (Å²) >= 11 is 0. The molecule has 0 aromatic carbocycles. The second-order valence-electron chi connectivity index (χ2n) is 6.26. The molecule has 2 fully saturated rings. The smallest absolute Gasteiger partial charge is 0.133 e. The zero-order valence-corrected chi connectivity index (χ0v) is 12.5. The van der Waals surface area contributed by atoms with Gasteiger partial charge in [0.05, 0.1) is 18.8 Å². The maximum atomic E-state index is 9.55. The molecule has 19 heavy (non-hydrogen) atoms. The number of ether oxygens (including phenoxy) is 1. The molecule has 1 N–H and O–H groups in total. The normalized spacial score (nSPS) is 30.6. The van der Waals surface area contributed by atoms with Crippen LogP contribution in [0.25, 0.3) is 0 Å². The third kappa shape index (κ3) is 3.70. The Morgan fingerprint density at radius 3 is 2.63 bits per heavy atom. The van der Waals surface area contributed by atoms with E-state index >= 15 is 0 Å². The van der Waals surface area contributed by atoms with E-state index in [1.54, 1.807) is 0 Å². The van der Waals surface area contributed by atoms with Gasteiger partial charge in [-0.2, -0.15) is 5.26 Å². The Morgan fingerprint density at radius 2 is 2.05 bits per heavy atom. The van der Waals surface area contributed by atoms with Crippen LogP contribution in [0.5, 0.6) is 0 Å². The first-order valence-electron chi connectivity index (χ1n) is 8.02. The van der Waals surface area contributed by atoms with Crippen molar-refractivity contribution in [3.05, 3.63) is 0 Å². The van der Waals surface area contributed by atoms with Crippen LogP contribution in [0.15, 0.2) is 0 Å². The summed E-state index contributed by atoms with van der Waals surface area (Å²) in [5, 5.41) is 12.9. The van der Waals surface area contributed by atoms with Gasteiger partial charge in [-0.15, -0.1) is 0 Å². The Labute approximate surface area is 117 Å². The molecule has 0 spiro atoms. The molecule has 0 aromatic rings. The van der Waals surface area contributed by atoms with E-state index in [4.69, 9.17) is 4.74 Å². The molecule has 3 unspecified atom stereocenters. The van der Waals surface area contributed by atoms with Gasteiger partial charge in [0.25, 0.3) is 0 Å². The van der Waals surface area contributed by atoms with Gasteiger partial charge in [0.15, 0.2) is 0 Å². The summed E-state index contributed by atoms with van der Waals surface area (Å²) < 4.78 is 6.14. The Balaban J connectivity index is 1.86. The molecule has 108 valence electrons. The summed E-state index contributed by atoms with van der Waals surface area (Å²) in [7, 11) is 0. The lowest BCUT2D eigenvalue weighted by atomic mass is 9.85. The van der Waals surface area contributed by atoms with Gasteiger partial charge in [-0.25, -0.2) is 0 Å². The van der Waals surface area contributed by atoms with E-state index in [-0.39, 0.29) is 0 Å². The summed E-state index contributed by atoms with van der Waals surface area (Å²) in [4.78, 5) is 0. The van der Waals surface area contributed by atoms with Crippen LogP contribution in [-0.2, 0) is 4.74 Å². The van der Waals surface area contributed by atoms with Crippen LogP contribution in [0.1, 0.15) is 58.8 Å². The van der Waals surface area contributed by atoms with Gasteiger partial charge in [-0.05, 0) is 44.1 Å². The summed E-state index contributed by atoms with van der Waals surface area (Å²) in [5.74, 6) is 1.33. The molecule has 2 aliphatic rings. The fraction of sp³-hybridized carbons (Fsp3) is 0.938. The number of nitrogens with one attached hydrogen (secondary N) is 1. The molecule has 0 aromatic heterocycles. The van der Waals surface area contributed by atoms with E-state index in [1.165, 1.54) is 44.9 Å². The number of hydrogen-bond donors (Lipinski definition) is 1. The lowest BCUT2D eigenvalue weighted by Crippen LogP contribution is -2.50. The molecule has 3 atom stereocenters. The molecular formula is C16H28N2O. The second-order valence-corrected chi connectivity index (χ2v) is 6.26. The fourth-order valence-electron chi connectivity index (χ4n) is 3.38. The maximum absolute atomic E-state index is 9.55. The van der Waals surface area contributed by atoms with Gasteiger partial charge < -0.3 is 4.74 Å². The minimum Gasteiger partial charge on any atom is -0.375 e. The van der Waals surface area contributed by atoms with Gasteiger partial charge in [0.1, 0.15) is 5.54 Å². The summed E-state index contributed by atoms with van der Waals surface area (Å²) in [6.07, 6.45) is 8.99. The van der Waals surface area contributed by atoms with E-state index < -0.39 is 5.54 Å². The topological polar surface area (TPSA) is 45.0 Å². The molecule has 0 radical (unpaired) electrons. The van der Waals surface area contributed by atoms with Crippen molar-refractivity contribution in [3.8, 4) is 6.07 Å². The lowest BCUT2D eigenvalue weighted by Gasteiger charge is -2.33. The Bertz CT molecular complexity index is 321. The molecule has 0 saturated heterocycles. The molecule has 2 rings (SSSR count). The number of hydrogen-bond acceptors (Lipinski definition) is 3. The molecule has 0 aliphatic heterocycles. The van der Waals surface area contributed by atoms with Crippen LogP contribution in [0.3, 0.4) is 0 Å². The van der Waals surface area contributed by atoms with Crippen LogP contribution in [0.2, 0.25) is 0 Å². The largest absolute Gasteiger partial charge is 0.375 e. The number of nitrogens with zero attached hydrogens (tertiary/aromatic N) is 1. The van der Waals surface area contributed by atoms with Crippen molar-refractivity contribution in [2.45, 2.75) is 70.4 Å². The molecule has 0 amide bonds. The molecular weight excluding hydrogens is 236 g/mol. The van der Waals surface area contributed by atoms with E-state index in [0.29, 0.717) is 18.6 Å². The van der Waals surface area contributed by atoms with Crippen LogP contribution < -0.4 is 5.32 Å². The standard InChI is InChI=1S/C16H28N2O/c1-3-13-6-5-7-15(10-13)19-12-16(11-17,18-4-2)14-8-9-14/h13-15,18H,3-10,12H2,1-2H3. The molecule has 3 heteroatoms. The summed E-state index contributed by atoms with van der Waals surface area (Å²) in [6, 6.07) is 2.51. The van der Waals surface area contributed by atoms with Crippen LogP contribution in [-0.4, -0.2) is 24.8 Å². The highest BCUT2D eigenvalue weighted by Crippen LogP contribution is 2.40. The van der Waals surface area contributed by atoms with Crippen LogP contribution in [0, 0.1) is 23.2 Å². The van der Waals surface area contributed by atoms with Crippen molar-refractivity contribution in [2.75, 3.05) is 13.2 Å². The first kappa shape index (κ1) is 14.8. The van der Waals surface area contributed by atoms with Crippen molar-refractivity contribution in [1.82, 2.24) is 5.32 Å². The highest BCUT2D eigenvalue weighted by molar-refractivity contribution is 5.15. The average Bonchev–Trinajstić information content (AvgIpc) is 3.29. The Morgan fingerprint density at radius 1 is 1.26 bits per heavy atom. The van der Waals surface area contributed by atoms with Gasteiger partial charge >= 0.3 is 0 Å². The highest BCUT2D eigenvalue weighted by Gasteiger charge is 2.46. The molecule has 0 heterocycles. The van der Waals surface area contributed by atoms with Crippen molar-refractivity contribution in [1.29, 1.82) is 5.26 Å². The monoisotopic (exact) mass is 264 g/mol. The summed E-state index contributed by atoms with van der Waals surface area (Å²) in [5.41, 5.74) is -0.423. The molecule has 3 nitrogen and oxygen atoms in total. The minimum atomic E-state index is -0.423. The zero-order valence-electron chi connectivity index (χ0n) is 12.5. The van der Waals surface area contributed by atoms with Crippen molar-refractivity contribution >= 4 is 0 Å². The SMILES string of the molecule is CCNC(C#N)(COC1CCCC(CC)C1)C1CC1. The quantitative estimate of drug-likeness (QED) is 0.767. The van der Waals surface area contributed by atoms with Gasteiger partial charge in [0, 0.05) is 0 Å².